The van der Waals surface area contributed by atoms with Gasteiger partial charge in [0.2, 0.25) is 0 Å². The van der Waals surface area contributed by atoms with Crippen LogP contribution in [0.15, 0.2) is 0 Å². The molecule has 1 rings (SSSR count). The Bertz CT molecular complexity index is 125. The van der Waals surface area contributed by atoms with E-state index in [4.69, 9.17) is 0 Å². The molecule has 2 N–H and O–H groups in total. The molecule has 1 aliphatic rings. The van der Waals surface area contributed by atoms with Gasteiger partial charge in [0.15, 0.2) is 0 Å². The molecule has 1 unspecified atom stereocenters. The van der Waals surface area contributed by atoms with Gasteiger partial charge in [-0.05, 0) is 49.4 Å². The maximum absolute atomic E-state index is 2.42. The average Bonchev–Trinajstić information content (AvgIpc) is 1.82. The first-order valence-electron chi connectivity index (χ1n) is 5.58. The molecule has 0 aliphatic heterocycles. The highest BCUT2D eigenvalue weighted by Crippen LogP contribution is 2.38. The fraction of sp³-hybridized carbons (Fsp3) is 1.00. The molecule has 1 atom stereocenters. The van der Waals surface area contributed by atoms with Crippen LogP contribution in [0.25, 0.3) is 0 Å². The zero-order chi connectivity index (χ0) is 9.14. The normalized spacial score (nSPS) is 29.3. The molecule has 0 aromatic heterocycles. The topological polar surface area (TPSA) is 31.5 Å². The van der Waals surface area contributed by atoms with Crippen molar-refractivity contribution in [2.75, 3.05) is 0 Å². The summed E-state index contributed by atoms with van der Waals surface area (Å²) in [6.45, 7) is 9.46. The average molecular weight is 186 g/mol. The highest BCUT2D eigenvalue weighted by molar-refractivity contribution is 4.77. The number of rotatable bonds is 4. The van der Waals surface area contributed by atoms with Crippen LogP contribution in [-0.2, 0) is 0 Å². The maximum Gasteiger partial charge on any atom is -0.0407 e. The largest absolute Gasteiger partial charge is 0.412 e. The number of hydrogen-bond donors (Lipinski definition) is 0. The van der Waals surface area contributed by atoms with Gasteiger partial charge in [0.05, 0.1) is 0 Å². The molecular formula is C12H26O. The van der Waals surface area contributed by atoms with Crippen LogP contribution in [0.1, 0.15) is 53.4 Å². The molecule has 1 aliphatic carbocycles. The van der Waals surface area contributed by atoms with E-state index in [1.54, 1.807) is 0 Å². The molecule has 0 amide bonds. The van der Waals surface area contributed by atoms with E-state index in [0.717, 1.165) is 23.7 Å². The van der Waals surface area contributed by atoms with Gasteiger partial charge < -0.3 is 5.48 Å². The Kier molecular flexibility index (Phi) is 5.62. The monoisotopic (exact) mass is 186 g/mol. The van der Waals surface area contributed by atoms with E-state index in [0.29, 0.717) is 0 Å². The van der Waals surface area contributed by atoms with Crippen LogP contribution >= 0.6 is 0 Å². The van der Waals surface area contributed by atoms with E-state index in [-0.39, 0.29) is 5.48 Å². The lowest BCUT2D eigenvalue weighted by atomic mass is 9.71. The summed E-state index contributed by atoms with van der Waals surface area (Å²) in [4.78, 5) is 0. The van der Waals surface area contributed by atoms with Crippen molar-refractivity contribution in [3.63, 3.8) is 0 Å². The SMILES string of the molecule is CC(C)CC(C)CC1CC(C)C1.O. The van der Waals surface area contributed by atoms with Crippen LogP contribution in [0.2, 0.25) is 0 Å². The smallest absolute Gasteiger partial charge is 0.0407 e. The third-order valence-corrected chi connectivity index (χ3v) is 3.08. The van der Waals surface area contributed by atoms with Gasteiger partial charge in [0.25, 0.3) is 0 Å². The van der Waals surface area contributed by atoms with Gasteiger partial charge >= 0.3 is 0 Å². The highest BCUT2D eigenvalue weighted by Gasteiger charge is 2.26. The third kappa shape index (κ3) is 4.66. The predicted molar refractivity (Wildman–Crippen MR) is 58.7 cm³/mol. The molecule has 1 heteroatoms. The van der Waals surface area contributed by atoms with Crippen molar-refractivity contribution in [2.45, 2.75) is 53.4 Å². The fourth-order valence-corrected chi connectivity index (χ4v) is 2.73. The van der Waals surface area contributed by atoms with Gasteiger partial charge in [0.1, 0.15) is 0 Å². The van der Waals surface area contributed by atoms with E-state index in [1.807, 2.05) is 0 Å². The second-order valence-corrected chi connectivity index (χ2v) is 5.41. The van der Waals surface area contributed by atoms with Crippen LogP contribution in [0, 0.1) is 23.7 Å². The van der Waals surface area contributed by atoms with E-state index >= 15 is 0 Å². The van der Waals surface area contributed by atoms with Gasteiger partial charge in [-0.3, -0.25) is 0 Å². The summed E-state index contributed by atoms with van der Waals surface area (Å²) in [5, 5.41) is 0. The van der Waals surface area contributed by atoms with Gasteiger partial charge in [0, 0.05) is 0 Å². The van der Waals surface area contributed by atoms with Crippen LogP contribution in [-0.4, -0.2) is 5.48 Å². The summed E-state index contributed by atoms with van der Waals surface area (Å²) in [5.41, 5.74) is 0. The molecule has 1 nitrogen and oxygen atoms in total. The molecule has 13 heavy (non-hydrogen) atoms. The zero-order valence-corrected chi connectivity index (χ0v) is 9.64. The fourth-order valence-electron chi connectivity index (χ4n) is 2.73. The Morgan fingerprint density at radius 1 is 1.15 bits per heavy atom. The molecule has 0 aromatic rings. The summed E-state index contributed by atoms with van der Waals surface area (Å²) in [5.74, 6) is 3.95. The molecule has 1 fully saturated rings. The molecule has 80 valence electrons. The zero-order valence-electron chi connectivity index (χ0n) is 9.64. The van der Waals surface area contributed by atoms with Crippen molar-refractivity contribution < 1.29 is 5.48 Å². The molecule has 0 bridgehead atoms. The van der Waals surface area contributed by atoms with Crippen LogP contribution < -0.4 is 0 Å². The van der Waals surface area contributed by atoms with E-state index in [1.165, 1.54) is 25.7 Å². The Morgan fingerprint density at radius 3 is 2.08 bits per heavy atom. The molecular weight excluding hydrogens is 160 g/mol. The Morgan fingerprint density at radius 2 is 1.69 bits per heavy atom. The molecule has 0 saturated heterocycles. The summed E-state index contributed by atoms with van der Waals surface area (Å²) in [6.07, 6.45) is 5.91. The molecule has 1 saturated carbocycles. The predicted octanol–water partition coefficient (Wildman–Crippen LogP) is 3.28. The Hall–Kier alpha value is -0.0400. The van der Waals surface area contributed by atoms with Crippen molar-refractivity contribution in [1.82, 2.24) is 0 Å². The summed E-state index contributed by atoms with van der Waals surface area (Å²) in [7, 11) is 0. The van der Waals surface area contributed by atoms with Gasteiger partial charge in [-0.1, -0.05) is 27.7 Å². The summed E-state index contributed by atoms with van der Waals surface area (Å²) in [6, 6.07) is 0. The van der Waals surface area contributed by atoms with E-state index in [9.17, 15) is 0 Å². The van der Waals surface area contributed by atoms with Gasteiger partial charge in [-0.25, -0.2) is 0 Å². The lowest BCUT2D eigenvalue weighted by Crippen LogP contribution is -2.23. The minimum absolute atomic E-state index is 0. The van der Waals surface area contributed by atoms with E-state index in [2.05, 4.69) is 27.7 Å². The van der Waals surface area contributed by atoms with Crippen molar-refractivity contribution in [1.29, 1.82) is 0 Å². The minimum Gasteiger partial charge on any atom is -0.412 e. The van der Waals surface area contributed by atoms with Crippen LogP contribution in [0.3, 0.4) is 0 Å². The van der Waals surface area contributed by atoms with Crippen molar-refractivity contribution in [3.05, 3.63) is 0 Å². The molecule has 0 spiro atoms. The van der Waals surface area contributed by atoms with Crippen molar-refractivity contribution in [2.24, 2.45) is 23.7 Å². The summed E-state index contributed by atoms with van der Waals surface area (Å²) >= 11 is 0. The van der Waals surface area contributed by atoms with E-state index < -0.39 is 0 Å². The second kappa shape index (κ2) is 5.64. The van der Waals surface area contributed by atoms with Crippen LogP contribution in [0.5, 0.6) is 0 Å². The lowest BCUT2D eigenvalue weighted by Gasteiger charge is -2.34. The van der Waals surface area contributed by atoms with Crippen molar-refractivity contribution >= 4 is 0 Å². The standard InChI is InChI=1S/C12H24.H2O/c1-9(2)5-10(3)6-12-7-11(4)8-12;/h9-12H,5-8H2,1-4H3;1H2. The van der Waals surface area contributed by atoms with Gasteiger partial charge in [-0.2, -0.15) is 0 Å². The second-order valence-electron chi connectivity index (χ2n) is 5.41. The minimum atomic E-state index is 0. The number of hydrogen-bond acceptors (Lipinski definition) is 0. The molecule has 0 heterocycles. The van der Waals surface area contributed by atoms with Gasteiger partial charge in [-0.15, -0.1) is 0 Å². The van der Waals surface area contributed by atoms with Crippen LogP contribution in [0.4, 0.5) is 0 Å². The molecule has 0 aromatic carbocycles. The first kappa shape index (κ1) is 13.0. The maximum atomic E-state index is 2.42. The van der Waals surface area contributed by atoms with Crippen molar-refractivity contribution in [3.8, 4) is 0 Å². The molecule has 0 radical (unpaired) electrons. The summed E-state index contributed by atoms with van der Waals surface area (Å²) < 4.78 is 0. The lowest BCUT2D eigenvalue weighted by molar-refractivity contribution is 0.170. The Labute approximate surface area is 83.2 Å². The first-order chi connectivity index (χ1) is 5.58. The quantitative estimate of drug-likeness (QED) is 0.645. The first-order valence-corrected chi connectivity index (χ1v) is 5.58. The highest BCUT2D eigenvalue weighted by atomic mass is 16.0. The third-order valence-electron chi connectivity index (χ3n) is 3.08. The Balaban J connectivity index is 0.00000144.